The van der Waals surface area contributed by atoms with Crippen molar-refractivity contribution >= 4 is 52.3 Å². The van der Waals surface area contributed by atoms with E-state index in [0.29, 0.717) is 33.1 Å². The van der Waals surface area contributed by atoms with Crippen LogP contribution in [-0.4, -0.2) is 30.4 Å². The Morgan fingerprint density at radius 3 is 2.22 bits per heavy atom. The normalized spacial score (nSPS) is 17.2. The van der Waals surface area contributed by atoms with Gasteiger partial charge in [0.15, 0.2) is 0 Å². The summed E-state index contributed by atoms with van der Waals surface area (Å²) >= 11 is 24.6. The highest BCUT2D eigenvalue weighted by Gasteiger charge is 2.36. The van der Waals surface area contributed by atoms with Gasteiger partial charge in [0.25, 0.3) is 0 Å². The SMILES string of the molecule is CCC1CCN(CCC(C)(C(=O)NCc2ccc(Cl)c(Cl)c2)c2ccc(Cl)c(Cl)c2)CC1. The van der Waals surface area contributed by atoms with Crippen LogP contribution in [0.5, 0.6) is 0 Å². The van der Waals surface area contributed by atoms with Crippen LogP contribution in [0, 0.1) is 5.92 Å². The fourth-order valence-electron chi connectivity index (χ4n) is 4.26. The number of nitrogens with one attached hydrogen (secondary N) is 1. The van der Waals surface area contributed by atoms with Crippen LogP contribution in [0.2, 0.25) is 20.1 Å². The lowest BCUT2D eigenvalue weighted by molar-refractivity contribution is -0.126. The Bertz CT molecular complexity index is 944. The van der Waals surface area contributed by atoms with Crippen LogP contribution < -0.4 is 5.32 Å². The van der Waals surface area contributed by atoms with E-state index in [1.807, 2.05) is 25.1 Å². The van der Waals surface area contributed by atoms with Crippen molar-refractivity contribution in [3.8, 4) is 0 Å². The average molecular weight is 516 g/mol. The van der Waals surface area contributed by atoms with E-state index in [0.717, 1.165) is 36.7 Å². The number of halogens is 4. The molecule has 0 bridgehead atoms. The van der Waals surface area contributed by atoms with Crippen LogP contribution >= 0.6 is 46.4 Å². The molecule has 1 N–H and O–H groups in total. The fraction of sp³-hybridized carbons (Fsp3) is 0.480. The summed E-state index contributed by atoms with van der Waals surface area (Å²) in [6.07, 6.45) is 4.38. The van der Waals surface area contributed by atoms with Gasteiger partial charge in [-0.05, 0) is 87.1 Å². The molecular weight excluding hydrogens is 486 g/mol. The molecule has 1 unspecified atom stereocenters. The third-order valence-electron chi connectivity index (χ3n) is 6.71. The fourth-order valence-corrected chi connectivity index (χ4v) is 4.87. The Balaban J connectivity index is 1.75. The topological polar surface area (TPSA) is 32.3 Å². The molecular formula is C25H30Cl4N2O. The van der Waals surface area contributed by atoms with Gasteiger partial charge in [0.05, 0.1) is 25.5 Å². The van der Waals surface area contributed by atoms with Crippen molar-refractivity contribution in [2.45, 2.75) is 51.5 Å². The minimum absolute atomic E-state index is 0.0506. The maximum atomic E-state index is 13.5. The molecule has 1 fully saturated rings. The Morgan fingerprint density at radius 1 is 1.00 bits per heavy atom. The Labute approximate surface area is 211 Å². The molecule has 0 spiro atoms. The number of piperidine rings is 1. The third-order valence-corrected chi connectivity index (χ3v) is 8.19. The predicted molar refractivity (Wildman–Crippen MR) is 136 cm³/mol. The molecule has 0 radical (unpaired) electrons. The minimum atomic E-state index is -0.744. The quantitative estimate of drug-likeness (QED) is 0.397. The third kappa shape index (κ3) is 6.33. The lowest BCUT2D eigenvalue weighted by Gasteiger charge is -2.35. The Morgan fingerprint density at radius 2 is 1.62 bits per heavy atom. The second kappa shape index (κ2) is 11.4. The van der Waals surface area contributed by atoms with Crippen LogP contribution in [0.4, 0.5) is 0 Å². The molecule has 1 aliphatic heterocycles. The van der Waals surface area contributed by atoms with E-state index in [9.17, 15) is 4.79 Å². The van der Waals surface area contributed by atoms with Crippen LogP contribution in [0.15, 0.2) is 36.4 Å². The lowest BCUT2D eigenvalue weighted by atomic mass is 9.78. The summed E-state index contributed by atoms with van der Waals surface area (Å²) in [4.78, 5) is 16.0. The molecule has 2 aromatic carbocycles. The number of hydrogen-bond donors (Lipinski definition) is 1. The zero-order valence-corrected chi connectivity index (χ0v) is 21.6. The van der Waals surface area contributed by atoms with E-state index < -0.39 is 5.41 Å². The molecule has 1 amide bonds. The van der Waals surface area contributed by atoms with E-state index in [2.05, 4.69) is 17.1 Å². The summed E-state index contributed by atoms with van der Waals surface area (Å²) in [5.74, 6) is 0.771. The van der Waals surface area contributed by atoms with Crippen LogP contribution in [0.25, 0.3) is 0 Å². The largest absolute Gasteiger partial charge is 0.351 e. The number of benzene rings is 2. The van der Waals surface area contributed by atoms with Crippen molar-refractivity contribution in [2.75, 3.05) is 19.6 Å². The van der Waals surface area contributed by atoms with Crippen LogP contribution in [-0.2, 0) is 16.8 Å². The highest BCUT2D eigenvalue weighted by Crippen LogP contribution is 2.34. The Kier molecular flexibility index (Phi) is 9.17. The van der Waals surface area contributed by atoms with Gasteiger partial charge in [-0.3, -0.25) is 4.79 Å². The number of nitrogens with zero attached hydrogens (tertiary/aromatic N) is 1. The van der Waals surface area contributed by atoms with E-state index >= 15 is 0 Å². The van der Waals surface area contributed by atoms with Gasteiger partial charge in [-0.2, -0.15) is 0 Å². The van der Waals surface area contributed by atoms with Crippen molar-refractivity contribution in [2.24, 2.45) is 5.92 Å². The zero-order valence-electron chi connectivity index (χ0n) is 18.6. The van der Waals surface area contributed by atoms with Gasteiger partial charge >= 0.3 is 0 Å². The zero-order chi connectivity index (χ0) is 23.3. The maximum Gasteiger partial charge on any atom is 0.230 e. The van der Waals surface area contributed by atoms with Crippen molar-refractivity contribution in [1.82, 2.24) is 10.2 Å². The molecule has 174 valence electrons. The number of rotatable bonds is 8. The summed E-state index contributed by atoms with van der Waals surface area (Å²) in [7, 11) is 0. The predicted octanol–water partition coefficient (Wildman–Crippen LogP) is 7.39. The molecule has 7 heteroatoms. The van der Waals surface area contributed by atoms with Gasteiger partial charge in [0.2, 0.25) is 5.91 Å². The van der Waals surface area contributed by atoms with Gasteiger partial charge in [0.1, 0.15) is 0 Å². The van der Waals surface area contributed by atoms with Crippen molar-refractivity contribution in [3.05, 3.63) is 67.6 Å². The Hall–Kier alpha value is -0.970. The summed E-state index contributed by atoms with van der Waals surface area (Å²) in [5, 5.41) is 4.99. The van der Waals surface area contributed by atoms with E-state index in [1.165, 1.54) is 19.3 Å². The highest BCUT2D eigenvalue weighted by molar-refractivity contribution is 6.42. The summed E-state index contributed by atoms with van der Waals surface area (Å²) in [6.45, 7) is 7.64. The molecule has 2 aromatic rings. The lowest BCUT2D eigenvalue weighted by Crippen LogP contribution is -2.45. The molecule has 0 saturated carbocycles. The number of amides is 1. The maximum absolute atomic E-state index is 13.5. The van der Waals surface area contributed by atoms with Gasteiger partial charge in [-0.25, -0.2) is 0 Å². The van der Waals surface area contributed by atoms with E-state index in [1.54, 1.807) is 18.2 Å². The van der Waals surface area contributed by atoms with E-state index in [-0.39, 0.29) is 5.91 Å². The first-order valence-corrected chi connectivity index (χ1v) is 12.6. The van der Waals surface area contributed by atoms with Gasteiger partial charge < -0.3 is 10.2 Å². The molecule has 0 aliphatic carbocycles. The number of hydrogen-bond acceptors (Lipinski definition) is 2. The number of carbonyl (C=O) groups is 1. The standard InChI is InChI=1S/C25H30Cl4N2O/c1-3-17-8-11-31(12-9-17)13-10-25(2,19-5-7-21(27)23(29)15-19)24(32)30-16-18-4-6-20(26)22(28)14-18/h4-7,14-15,17H,3,8-13,16H2,1-2H3,(H,30,32). The molecule has 1 saturated heterocycles. The van der Waals surface area contributed by atoms with Gasteiger partial charge in [-0.15, -0.1) is 0 Å². The monoisotopic (exact) mass is 514 g/mol. The van der Waals surface area contributed by atoms with Crippen molar-refractivity contribution in [1.29, 1.82) is 0 Å². The molecule has 3 nitrogen and oxygen atoms in total. The molecule has 1 atom stereocenters. The van der Waals surface area contributed by atoms with Crippen LogP contribution in [0.1, 0.15) is 50.7 Å². The average Bonchev–Trinajstić information content (AvgIpc) is 2.80. The number of carbonyl (C=O) groups excluding carboxylic acids is 1. The second-order valence-electron chi connectivity index (χ2n) is 8.84. The van der Waals surface area contributed by atoms with E-state index in [4.69, 9.17) is 46.4 Å². The van der Waals surface area contributed by atoms with Crippen molar-refractivity contribution in [3.63, 3.8) is 0 Å². The second-order valence-corrected chi connectivity index (χ2v) is 10.5. The molecule has 3 rings (SSSR count). The summed E-state index contributed by atoms with van der Waals surface area (Å²) in [6, 6.07) is 10.9. The molecule has 1 heterocycles. The highest BCUT2D eigenvalue weighted by atomic mass is 35.5. The molecule has 0 aromatic heterocycles. The summed E-state index contributed by atoms with van der Waals surface area (Å²) < 4.78 is 0. The molecule has 32 heavy (non-hydrogen) atoms. The van der Waals surface area contributed by atoms with Crippen molar-refractivity contribution < 1.29 is 4.79 Å². The summed E-state index contributed by atoms with van der Waals surface area (Å²) in [5.41, 5.74) is 1.01. The van der Waals surface area contributed by atoms with Gasteiger partial charge in [-0.1, -0.05) is 71.9 Å². The molecule has 1 aliphatic rings. The first-order valence-electron chi connectivity index (χ1n) is 11.1. The first kappa shape index (κ1) is 25.6. The van der Waals surface area contributed by atoms with Gasteiger partial charge in [0, 0.05) is 6.54 Å². The number of likely N-dealkylation sites (tertiary alicyclic amines) is 1. The first-order chi connectivity index (χ1) is 15.2. The van der Waals surface area contributed by atoms with Crippen LogP contribution in [0.3, 0.4) is 0 Å². The smallest absolute Gasteiger partial charge is 0.230 e. The minimum Gasteiger partial charge on any atom is -0.351 e.